The van der Waals surface area contributed by atoms with Crippen molar-refractivity contribution in [3.63, 3.8) is 0 Å². The van der Waals surface area contributed by atoms with E-state index in [0.29, 0.717) is 17.1 Å². The van der Waals surface area contributed by atoms with Crippen LogP contribution in [-0.2, 0) is 16.1 Å². The quantitative estimate of drug-likeness (QED) is 0.403. The molecule has 0 atom stereocenters. The lowest BCUT2D eigenvalue weighted by molar-refractivity contribution is -0.136. The number of aromatic nitrogens is 1. The average molecular weight is 371 g/mol. The predicted octanol–water partition coefficient (Wildman–Crippen LogP) is 3.58. The lowest BCUT2D eigenvalue weighted by Gasteiger charge is -2.07. The van der Waals surface area contributed by atoms with Gasteiger partial charge in [0.2, 0.25) is 5.78 Å². The zero-order valence-electron chi connectivity index (χ0n) is 16.4. The van der Waals surface area contributed by atoms with Gasteiger partial charge < -0.3 is 18.8 Å². The van der Waals surface area contributed by atoms with Gasteiger partial charge in [0.25, 0.3) is 0 Å². The Balaban J connectivity index is 1.98. The molecule has 0 spiro atoms. The lowest BCUT2D eigenvalue weighted by atomic mass is 10.1. The maximum absolute atomic E-state index is 12.3. The van der Waals surface area contributed by atoms with E-state index in [4.69, 9.17) is 14.2 Å². The fourth-order valence-corrected chi connectivity index (χ4v) is 2.95. The van der Waals surface area contributed by atoms with Gasteiger partial charge >= 0.3 is 5.97 Å². The second-order valence-corrected chi connectivity index (χ2v) is 6.01. The minimum Gasteiger partial charge on any atom is -0.493 e. The largest absolute Gasteiger partial charge is 0.493 e. The van der Waals surface area contributed by atoms with Crippen molar-refractivity contribution in [3.05, 3.63) is 52.9 Å². The topological polar surface area (TPSA) is 66.8 Å². The van der Waals surface area contributed by atoms with Crippen LogP contribution in [0.25, 0.3) is 6.08 Å². The van der Waals surface area contributed by atoms with Crippen molar-refractivity contribution in [3.8, 4) is 11.5 Å². The highest BCUT2D eigenvalue weighted by molar-refractivity contribution is 6.00. The number of aryl methyl sites for hydroxylation is 1. The fourth-order valence-electron chi connectivity index (χ4n) is 2.95. The molecule has 6 heteroatoms. The smallest absolute Gasteiger partial charge is 0.331 e. The number of benzene rings is 1. The second-order valence-electron chi connectivity index (χ2n) is 6.01. The van der Waals surface area contributed by atoms with Gasteiger partial charge in [0, 0.05) is 29.6 Å². The molecule has 1 heterocycles. The first-order chi connectivity index (χ1) is 12.9. The molecule has 0 saturated heterocycles. The number of carbonyl (C=O) groups excluding carboxylic acids is 2. The summed E-state index contributed by atoms with van der Waals surface area (Å²) in [6.07, 6.45) is 2.88. The van der Waals surface area contributed by atoms with Crippen LogP contribution < -0.4 is 9.47 Å². The molecule has 0 N–H and O–H groups in total. The molecule has 1 aromatic carbocycles. The molecule has 0 aliphatic carbocycles. The third-order valence-corrected chi connectivity index (χ3v) is 4.36. The molecule has 0 amide bonds. The van der Waals surface area contributed by atoms with E-state index >= 15 is 0 Å². The molecule has 0 aliphatic heterocycles. The van der Waals surface area contributed by atoms with Crippen molar-refractivity contribution in [2.45, 2.75) is 27.3 Å². The average Bonchev–Trinajstić information content (AvgIpc) is 2.97. The number of ether oxygens (including phenoxy) is 3. The maximum atomic E-state index is 12.3. The Bertz CT molecular complexity index is 864. The minimum absolute atomic E-state index is 0.212. The number of rotatable bonds is 8. The SMILES string of the molecule is CCn1c(C)cc(C(=O)COC(=O)/C=C/c2ccc(OC)c(OC)c2)c1C. The molecule has 6 nitrogen and oxygen atoms in total. The van der Waals surface area contributed by atoms with Gasteiger partial charge in [0.05, 0.1) is 14.2 Å². The van der Waals surface area contributed by atoms with Crippen molar-refractivity contribution in [1.82, 2.24) is 4.57 Å². The highest BCUT2D eigenvalue weighted by Crippen LogP contribution is 2.28. The Kier molecular flexibility index (Phi) is 6.82. The molecular formula is C21H25NO5. The molecule has 0 saturated carbocycles. The Morgan fingerprint density at radius 2 is 1.78 bits per heavy atom. The van der Waals surface area contributed by atoms with Crippen LogP contribution in [0.5, 0.6) is 11.5 Å². The van der Waals surface area contributed by atoms with Crippen LogP contribution in [0.4, 0.5) is 0 Å². The van der Waals surface area contributed by atoms with Gasteiger partial charge in [-0.15, -0.1) is 0 Å². The molecule has 1 aromatic heterocycles. The third kappa shape index (κ3) is 4.78. The van der Waals surface area contributed by atoms with Gasteiger partial charge in [-0.05, 0) is 50.6 Å². The summed E-state index contributed by atoms with van der Waals surface area (Å²) in [5, 5.41) is 0. The van der Waals surface area contributed by atoms with E-state index in [1.54, 1.807) is 38.5 Å². The van der Waals surface area contributed by atoms with E-state index in [-0.39, 0.29) is 12.4 Å². The van der Waals surface area contributed by atoms with Crippen LogP contribution >= 0.6 is 0 Å². The highest BCUT2D eigenvalue weighted by atomic mass is 16.5. The Morgan fingerprint density at radius 1 is 1.07 bits per heavy atom. The second kappa shape index (κ2) is 9.07. The summed E-state index contributed by atoms with van der Waals surface area (Å²) in [7, 11) is 3.10. The van der Waals surface area contributed by atoms with Crippen molar-refractivity contribution >= 4 is 17.8 Å². The summed E-state index contributed by atoms with van der Waals surface area (Å²) in [4.78, 5) is 24.3. The predicted molar refractivity (Wildman–Crippen MR) is 103 cm³/mol. The van der Waals surface area contributed by atoms with Gasteiger partial charge in [0.15, 0.2) is 18.1 Å². The molecule has 0 fully saturated rings. The molecule has 0 bridgehead atoms. The molecule has 0 unspecified atom stereocenters. The first kappa shape index (κ1) is 20.3. The number of ketones is 1. The van der Waals surface area contributed by atoms with E-state index < -0.39 is 5.97 Å². The zero-order valence-corrected chi connectivity index (χ0v) is 16.4. The van der Waals surface area contributed by atoms with Crippen molar-refractivity contribution < 1.29 is 23.8 Å². The number of carbonyl (C=O) groups is 2. The summed E-state index contributed by atoms with van der Waals surface area (Å²) < 4.78 is 17.5. The monoisotopic (exact) mass is 371 g/mol. The van der Waals surface area contributed by atoms with Crippen LogP contribution in [0.2, 0.25) is 0 Å². The Labute approximate surface area is 159 Å². The normalized spacial score (nSPS) is 10.9. The van der Waals surface area contributed by atoms with E-state index in [9.17, 15) is 9.59 Å². The number of esters is 1. The van der Waals surface area contributed by atoms with Crippen LogP contribution in [-0.4, -0.2) is 37.1 Å². The molecule has 2 rings (SSSR count). The Hall–Kier alpha value is -3.02. The van der Waals surface area contributed by atoms with Gasteiger partial charge in [-0.25, -0.2) is 4.79 Å². The molecule has 0 aliphatic rings. The summed E-state index contributed by atoms with van der Waals surface area (Å²) in [5.41, 5.74) is 3.24. The summed E-state index contributed by atoms with van der Waals surface area (Å²) >= 11 is 0. The number of nitrogens with zero attached hydrogens (tertiary/aromatic N) is 1. The molecule has 0 radical (unpaired) electrons. The van der Waals surface area contributed by atoms with Gasteiger partial charge in [0.1, 0.15) is 0 Å². The Morgan fingerprint density at radius 3 is 2.37 bits per heavy atom. The number of hydrogen-bond acceptors (Lipinski definition) is 5. The van der Waals surface area contributed by atoms with Gasteiger partial charge in [-0.1, -0.05) is 6.07 Å². The lowest BCUT2D eigenvalue weighted by Crippen LogP contribution is -2.13. The molecule has 2 aromatic rings. The van der Waals surface area contributed by atoms with E-state index in [1.807, 2.05) is 31.4 Å². The minimum atomic E-state index is -0.581. The first-order valence-corrected chi connectivity index (χ1v) is 8.68. The molecule has 27 heavy (non-hydrogen) atoms. The van der Waals surface area contributed by atoms with Crippen LogP contribution in [0.1, 0.15) is 34.2 Å². The fraction of sp³-hybridized carbons (Fsp3) is 0.333. The maximum Gasteiger partial charge on any atom is 0.331 e. The van der Waals surface area contributed by atoms with Crippen molar-refractivity contribution in [2.75, 3.05) is 20.8 Å². The van der Waals surface area contributed by atoms with E-state index in [1.165, 1.54) is 6.08 Å². The third-order valence-electron chi connectivity index (χ3n) is 4.36. The van der Waals surface area contributed by atoms with Crippen LogP contribution in [0.3, 0.4) is 0 Å². The number of Topliss-reactive ketones (excluding diaryl/α,β-unsaturated/α-hetero) is 1. The van der Waals surface area contributed by atoms with Gasteiger partial charge in [-0.2, -0.15) is 0 Å². The summed E-state index contributed by atoms with van der Waals surface area (Å²) in [6, 6.07) is 7.11. The summed E-state index contributed by atoms with van der Waals surface area (Å²) in [6.45, 7) is 6.36. The number of methoxy groups -OCH3 is 2. The van der Waals surface area contributed by atoms with E-state index in [0.717, 1.165) is 23.5 Å². The molecular weight excluding hydrogens is 346 g/mol. The summed E-state index contributed by atoms with van der Waals surface area (Å²) in [5.74, 6) is 0.375. The highest BCUT2D eigenvalue weighted by Gasteiger charge is 2.16. The molecule has 144 valence electrons. The van der Waals surface area contributed by atoms with Crippen LogP contribution in [0.15, 0.2) is 30.3 Å². The van der Waals surface area contributed by atoms with Crippen molar-refractivity contribution in [2.24, 2.45) is 0 Å². The first-order valence-electron chi connectivity index (χ1n) is 8.68. The van der Waals surface area contributed by atoms with Gasteiger partial charge in [-0.3, -0.25) is 4.79 Å². The van der Waals surface area contributed by atoms with E-state index in [2.05, 4.69) is 0 Å². The van der Waals surface area contributed by atoms with Crippen LogP contribution in [0, 0.1) is 13.8 Å². The standard InChI is InChI=1S/C21H25NO5/c1-6-22-14(2)11-17(15(22)3)18(23)13-27-21(24)10-8-16-7-9-19(25-4)20(12-16)26-5/h7-12H,6,13H2,1-5H3/b10-8+. The van der Waals surface area contributed by atoms with Crippen molar-refractivity contribution in [1.29, 1.82) is 0 Å². The number of hydrogen-bond donors (Lipinski definition) is 0. The zero-order chi connectivity index (χ0) is 20.0.